The van der Waals surface area contributed by atoms with Crippen molar-refractivity contribution in [3.63, 3.8) is 0 Å². The van der Waals surface area contributed by atoms with E-state index in [1.54, 1.807) is 38.6 Å². The highest BCUT2D eigenvalue weighted by Gasteiger charge is 2.39. The molecule has 0 saturated heterocycles. The zero-order chi connectivity index (χ0) is 30.8. The minimum absolute atomic E-state index is 0.00111. The van der Waals surface area contributed by atoms with E-state index in [2.05, 4.69) is 32.1 Å². The van der Waals surface area contributed by atoms with Crippen LogP contribution < -0.4 is 15.9 Å². The molecule has 0 aliphatic heterocycles. The Labute approximate surface area is 243 Å². The fourth-order valence-corrected chi connectivity index (χ4v) is 6.67. The van der Waals surface area contributed by atoms with Gasteiger partial charge in [-0.15, -0.1) is 0 Å². The number of hydrogen-bond donors (Lipinski definition) is 3. The van der Waals surface area contributed by atoms with Crippen molar-refractivity contribution in [2.24, 2.45) is 5.92 Å². The van der Waals surface area contributed by atoms with Crippen LogP contribution in [0.5, 0.6) is 0 Å². The molecule has 2 rings (SSSR count). The molecule has 0 spiro atoms. The van der Waals surface area contributed by atoms with E-state index in [0.717, 1.165) is 19.3 Å². The highest BCUT2D eigenvalue weighted by Crippen LogP contribution is 2.41. The first-order valence-electron chi connectivity index (χ1n) is 14.2. The third kappa shape index (κ3) is 11.0. The lowest BCUT2D eigenvalue weighted by Crippen LogP contribution is -2.50. The second kappa shape index (κ2) is 15.6. The van der Waals surface area contributed by atoms with Crippen molar-refractivity contribution in [2.45, 2.75) is 111 Å². The maximum absolute atomic E-state index is 14.4. The monoisotopic (exact) mass is 597 g/mol. The van der Waals surface area contributed by atoms with Gasteiger partial charge in [0.15, 0.2) is 11.5 Å². The number of anilines is 1. The van der Waals surface area contributed by atoms with Crippen LogP contribution in [-0.2, 0) is 34.9 Å². The van der Waals surface area contributed by atoms with Gasteiger partial charge in [0.1, 0.15) is 23.7 Å². The largest absolute Gasteiger partial charge is 0.464 e. The molecule has 0 aliphatic rings. The van der Waals surface area contributed by atoms with Gasteiger partial charge in [0.2, 0.25) is 7.44 Å². The Morgan fingerprint density at radius 2 is 1.83 bits per heavy atom. The first kappa shape index (κ1) is 34.6. The van der Waals surface area contributed by atoms with Crippen LogP contribution in [0, 0.1) is 5.92 Å². The number of nitrogens with zero attached hydrogens (tertiary/aromatic N) is 4. The summed E-state index contributed by atoms with van der Waals surface area (Å²) in [4.78, 5) is 37.9. The van der Waals surface area contributed by atoms with Gasteiger partial charge in [-0.3, -0.25) is 14.2 Å². The van der Waals surface area contributed by atoms with Gasteiger partial charge in [0.25, 0.3) is 0 Å². The predicted molar refractivity (Wildman–Crippen MR) is 158 cm³/mol. The fourth-order valence-electron chi connectivity index (χ4n) is 4.08. The molecule has 14 heteroatoms. The molecule has 0 bridgehead atoms. The molecular formula is C27H48N7O6P. The minimum atomic E-state index is -3.64. The van der Waals surface area contributed by atoms with Gasteiger partial charge in [-0.05, 0) is 47.0 Å². The van der Waals surface area contributed by atoms with Crippen LogP contribution in [0.4, 0.5) is 5.82 Å². The molecule has 0 amide bonds. The molecule has 41 heavy (non-hydrogen) atoms. The van der Waals surface area contributed by atoms with Gasteiger partial charge >= 0.3 is 11.9 Å². The molecular weight excluding hydrogens is 549 g/mol. The summed E-state index contributed by atoms with van der Waals surface area (Å²) in [6.07, 6.45) is 4.70. The number of carbonyl (C=O) groups is 2. The topological polar surface area (TPSA) is 173 Å². The normalized spacial score (nSPS) is 15.2. The first-order valence-corrected chi connectivity index (χ1v) is 16.1. The Kier molecular flexibility index (Phi) is 13.1. The highest BCUT2D eigenvalue weighted by molar-refractivity contribution is 7.59. The lowest BCUT2D eigenvalue weighted by atomic mass is 10.0. The maximum Gasteiger partial charge on any atom is 0.326 e. The van der Waals surface area contributed by atoms with E-state index >= 15 is 0 Å². The molecule has 3 atom stereocenters. The van der Waals surface area contributed by atoms with Crippen molar-refractivity contribution in [2.75, 3.05) is 18.7 Å². The number of rotatable bonds is 18. The summed E-state index contributed by atoms with van der Waals surface area (Å²) in [5.41, 5.74) is 5.64. The Balaban J connectivity index is 2.21. The van der Waals surface area contributed by atoms with Crippen molar-refractivity contribution in [3.8, 4) is 0 Å². The van der Waals surface area contributed by atoms with Crippen LogP contribution in [-0.4, -0.2) is 68.2 Å². The van der Waals surface area contributed by atoms with Gasteiger partial charge < -0.3 is 24.5 Å². The van der Waals surface area contributed by atoms with Crippen LogP contribution >= 0.6 is 7.44 Å². The minimum Gasteiger partial charge on any atom is -0.464 e. The zero-order valence-electron chi connectivity index (χ0n) is 25.7. The number of nitrogen functional groups attached to an aromatic ring is 1. The van der Waals surface area contributed by atoms with E-state index in [0.29, 0.717) is 17.7 Å². The van der Waals surface area contributed by atoms with E-state index in [4.69, 9.17) is 19.9 Å². The van der Waals surface area contributed by atoms with E-state index in [9.17, 15) is 14.2 Å². The summed E-state index contributed by atoms with van der Waals surface area (Å²) in [5, 5.41) is 6.12. The summed E-state index contributed by atoms with van der Waals surface area (Å²) in [6.45, 7) is 15.1. The number of aromatic nitrogens is 4. The number of imidazole rings is 1. The molecule has 2 heterocycles. The van der Waals surface area contributed by atoms with E-state index in [1.807, 2.05) is 20.8 Å². The number of nitrogens with one attached hydrogen (secondary N) is 2. The average molecular weight is 598 g/mol. The molecule has 2 aromatic rings. The van der Waals surface area contributed by atoms with Crippen LogP contribution in [0.2, 0.25) is 0 Å². The van der Waals surface area contributed by atoms with Crippen LogP contribution in [0.1, 0.15) is 81.1 Å². The second-order valence-corrected chi connectivity index (χ2v) is 13.7. The first-order chi connectivity index (χ1) is 19.2. The summed E-state index contributed by atoms with van der Waals surface area (Å²) in [7, 11) is -3.64. The molecule has 0 fully saturated rings. The standard InChI is InChI=1S/C27H48N7O6P/c1-9-10-11-12-38-26(36)27(7,8)33-41(37,32-21(18(2)3)13-22(35)40-19(4)5)17-39-20(6)14-34-16-31-23-24(28)29-15-30-25(23)34/h15-16,18-21H,9-14,17H2,1-8H3,(H2,28,29,30)(H2,32,33,37). The van der Waals surface area contributed by atoms with Crippen molar-refractivity contribution < 1.29 is 28.4 Å². The Hall–Kier alpha value is -2.60. The van der Waals surface area contributed by atoms with Crippen molar-refractivity contribution >= 4 is 36.4 Å². The fraction of sp³-hybridized carbons (Fsp3) is 0.741. The number of ether oxygens (including phenoxy) is 3. The number of carbonyl (C=O) groups excluding carboxylic acids is 2. The number of hydrogen-bond acceptors (Lipinski definition) is 10. The summed E-state index contributed by atoms with van der Waals surface area (Å²) >= 11 is 0. The average Bonchev–Trinajstić information content (AvgIpc) is 3.28. The molecule has 3 unspecified atom stereocenters. The molecule has 232 valence electrons. The molecule has 0 saturated carbocycles. The number of esters is 2. The predicted octanol–water partition coefficient (Wildman–Crippen LogP) is 4.02. The van der Waals surface area contributed by atoms with Crippen molar-refractivity contribution in [1.29, 1.82) is 0 Å². The summed E-state index contributed by atoms with van der Waals surface area (Å²) < 4.78 is 33.1. The zero-order valence-corrected chi connectivity index (χ0v) is 26.6. The number of fused-ring (bicyclic) bond motifs is 1. The lowest BCUT2D eigenvalue weighted by Gasteiger charge is -2.34. The number of nitrogens with two attached hydrogens (primary N) is 1. The van der Waals surface area contributed by atoms with E-state index < -0.39 is 37.1 Å². The quantitative estimate of drug-likeness (QED) is 0.128. The lowest BCUT2D eigenvalue weighted by molar-refractivity contribution is -0.150. The highest BCUT2D eigenvalue weighted by atomic mass is 31.2. The van der Waals surface area contributed by atoms with Crippen molar-refractivity contribution in [3.05, 3.63) is 12.7 Å². The van der Waals surface area contributed by atoms with Gasteiger partial charge in [-0.1, -0.05) is 33.6 Å². The van der Waals surface area contributed by atoms with Crippen LogP contribution in [0.3, 0.4) is 0 Å². The molecule has 2 aromatic heterocycles. The van der Waals surface area contributed by atoms with E-state index in [1.165, 1.54) is 6.33 Å². The SMILES string of the molecule is CCCCCOC(=O)C(C)(C)NP(=O)(COC(C)Cn1cnc2c(N)ncnc21)NC(CC(=O)OC(C)C)C(C)C. The van der Waals surface area contributed by atoms with Gasteiger partial charge in [0, 0.05) is 6.04 Å². The van der Waals surface area contributed by atoms with Gasteiger partial charge in [-0.25, -0.2) is 25.1 Å². The van der Waals surface area contributed by atoms with Crippen LogP contribution in [0.15, 0.2) is 12.7 Å². The molecule has 4 N–H and O–H groups in total. The number of unbranched alkanes of at least 4 members (excludes halogenated alkanes) is 2. The Morgan fingerprint density at radius 3 is 2.46 bits per heavy atom. The van der Waals surface area contributed by atoms with Gasteiger partial charge in [0.05, 0.1) is 38.1 Å². The smallest absolute Gasteiger partial charge is 0.326 e. The third-order valence-electron chi connectivity index (χ3n) is 6.31. The Bertz CT molecular complexity index is 1190. The summed E-state index contributed by atoms with van der Waals surface area (Å²) in [6, 6.07) is -0.507. The van der Waals surface area contributed by atoms with Crippen molar-refractivity contribution in [1.82, 2.24) is 29.7 Å². The molecule has 0 aromatic carbocycles. The maximum atomic E-state index is 14.4. The summed E-state index contributed by atoms with van der Waals surface area (Å²) in [5.74, 6) is -0.727. The second-order valence-electron chi connectivity index (χ2n) is 11.5. The Morgan fingerprint density at radius 1 is 1.12 bits per heavy atom. The van der Waals surface area contributed by atoms with Crippen LogP contribution in [0.25, 0.3) is 11.2 Å². The third-order valence-corrected chi connectivity index (χ3v) is 8.49. The molecule has 13 nitrogen and oxygen atoms in total. The van der Waals surface area contributed by atoms with E-state index in [-0.39, 0.29) is 37.2 Å². The molecule has 0 radical (unpaired) electrons. The molecule has 0 aliphatic carbocycles. The van der Waals surface area contributed by atoms with Gasteiger partial charge in [-0.2, -0.15) is 0 Å².